The minimum absolute atomic E-state index is 0.111. The first-order chi connectivity index (χ1) is 11.8. The predicted molar refractivity (Wildman–Crippen MR) is 87.4 cm³/mol. The zero-order valence-electron chi connectivity index (χ0n) is 13.7. The summed E-state index contributed by atoms with van der Waals surface area (Å²) in [6.07, 6.45) is -1.68. The number of aliphatic hydroxyl groups is 1. The van der Waals surface area contributed by atoms with Crippen LogP contribution in [-0.4, -0.2) is 59.1 Å². The molecule has 0 heterocycles. The van der Waals surface area contributed by atoms with Gasteiger partial charge in [0.25, 0.3) is 0 Å². The van der Waals surface area contributed by atoms with Crippen molar-refractivity contribution in [3.8, 4) is 0 Å². The van der Waals surface area contributed by atoms with E-state index in [2.05, 4.69) is 16.0 Å². The predicted octanol–water partition coefficient (Wildman–Crippen LogP) is -1.59. The Morgan fingerprint density at radius 1 is 1.00 bits per heavy atom. The van der Waals surface area contributed by atoms with Crippen molar-refractivity contribution in [3.05, 3.63) is 35.9 Å². The molecule has 1 aromatic rings. The van der Waals surface area contributed by atoms with E-state index in [1.807, 2.05) is 0 Å². The Morgan fingerprint density at radius 3 is 2.16 bits per heavy atom. The van der Waals surface area contributed by atoms with E-state index in [9.17, 15) is 24.3 Å². The van der Waals surface area contributed by atoms with Gasteiger partial charge in [-0.15, -0.1) is 0 Å². The van der Waals surface area contributed by atoms with Crippen molar-refractivity contribution in [1.82, 2.24) is 16.0 Å². The summed E-state index contributed by atoms with van der Waals surface area (Å²) in [4.78, 5) is 45.0. The molecule has 5 N–H and O–H groups in total. The first kappa shape index (κ1) is 20.1. The molecule has 0 bridgehead atoms. The van der Waals surface area contributed by atoms with Crippen molar-refractivity contribution in [2.45, 2.75) is 25.5 Å². The first-order valence-corrected chi connectivity index (χ1v) is 7.55. The summed E-state index contributed by atoms with van der Waals surface area (Å²) in [5, 5.41) is 25.7. The lowest BCUT2D eigenvalue weighted by atomic mass is 10.0. The number of aliphatic carboxylic acids is 1. The highest BCUT2D eigenvalue weighted by atomic mass is 16.4. The van der Waals surface area contributed by atoms with Gasteiger partial charge in [-0.1, -0.05) is 30.3 Å². The van der Waals surface area contributed by atoms with Crippen LogP contribution in [0, 0.1) is 0 Å². The molecule has 0 saturated carbocycles. The van der Waals surface area contributed by atoms with Gasteiger partial charge in [-0.3, -0.25) is 14.4 Å². The van der Waals surface area contributed by atoms with Gasteiger partial charge in [-0.2, -0.15) is 0 Å². The Morgan fingerprint density at radius 2 is 1.60 bits per heavy atom. The summed E-state index contributed by atoms with van der Waals surface area (Å²) < 4.78 is 0. The smallest absolute Gasteiger partial charge is 0.334 e. The number of carboxylic acids is 1. The molecule has 0 spiro atoms. The molecule has 9 nitrogen and oxygen atoms in total. The van der Waals surface area contributed by atoms with E-state index in [4.69, 9.17) is 5.11 Å². The quantitative estimate of drug-likeness (QED) is 0.363. The van der Waals surface area contributed by atoms with Crippen molar-refractivity contribution >= 4 is 23.7 Å². The molecule has 136 valence electrons. The monoisotopic (exact) mass is 351 g/mol. The third-order valence-corrected chi connectivity index (χ3v) is 3.22. The van der Waals surface area contributed by atoms with E-state index in [0.29, 0.717) is 0 Å². The number of nitrogens with one attached hydrogen (secondary N) is 3. The second-order valence-electron chi connectivity index (χ2n) is 5.33. The largest absolute Gasteiger partial charge is 0.479 e. The Kier molecular flexibility index (Phi) is 8.07. The molecule has 0 aliphatic carbocycles. The number of benzene rings is 1. The van der Waals surface area contributed by atoms with E-state index in [1.54, 1.807) is 30.3 Å². The van der Waals surface area contributed by atoms with Crippen molar-refractivity contribution in [3.63, 3.8) is 0 Å². The standard InChI is InChI=1S/C16H21N3O6/c1-10(20)17-8-13(21)18-9-14(22)19-12(15(23)16(24)25)7-11-5-3-2-4-6-11/h2-6,12,15,23H,7-9H2,1H3,(H,17,20)(H,18,21)(H,19,22)(H,24,25)/t12-,15+/m1/s1. The molecule has 0 radical (unpaired) electrons. The lowest BCUT2D eigenvalue weighted by Gasteiger charge is -2.21. The molecule has 0 fully saturated rings. The maximum atomic E-state index is 11.9. The van der Waals surface area contributed by atoms with Crippen LogP contribution in [0.1, 0.15) is 12.5 Å². The molecule has 0 aliphatic rings. The lowest BCUT2D eigenvalue weighted by Crippen LogP contribution is -2.51. The molecule has 2 atom stereocenters. The van der Waals surface area contributed by atoms with Crippen LogP contribution < -0.4 is 16.0 Å². The lowest BCUT2D eigenvalue weighted by molar-refractivity contribution is -0.148. The van der Waals surface area contributed by atoms with Crippen molar-refractivity contribution in [2.24, 2.45) is 0 Å². The van der Waals surface area contributed by atoms with E-state index in [-0.39, 0.29) is 18.9 Å². The highest BCUT2D eigenvalue weighted by Crippen LogP contribution is 2.06. The summed E-state index contributed by atoms with van der Waals surface area (Å²) in [6, 6.07) is 7.72. The van der Waals surface area contributed by atoms with Crippen LogP contribution in [0.15, 0.2) is 30.3 Å². The minimum atomic E-state index is -1.79. The molecule has 25 heavy (non-hydrogen) atoms. The van der Waals surface area contributed by atoms with Crippen LogP contribution in [0.4, 0.5) is 0 Å². The van der Waals surface area contributed by atoms with Gasteiger partial charge < -0.3 is 26.2 Å². The average Bonchev–Trinajstić information content (AvgIpc) is 2.57. The van der Waals surface area contributed by atoms with Crippen LogP contribution in [0.25, 0.3) is 0 Å². The third-order valence-electron chi connectivity index (χ3n) is 3.22. The van der Waals surface area contributed by atoms with E-state index >= 15 is 0 Å². The van der Waals surface area contributed by atoms with E-state index in [0.717, 1.165) is 5.56 Å². The van der Waals surface area contributed by atoms with Gasteiger partial charge in [0.2, 0.25) is 17.7 Å². The van der Waals surface area contributed by atoms with E-state index in [1.165, 1.54) is 6.92 Å². The summed E-state index contributed by atoms with van der Waals surface area (Å²) in [5.41, 5.74) is 0.739. The van der Waals surface area contributed by atoms with Crippen molar-refractivity contribution in [1.29, 1.82) is 0 Å². The number of carboxylic acid groups (broad SMARTS) is 1. The van der Waals surface area contributed by atoms with Crippen LogP contribution in [0.2, 0.25) is 0 Å². The van der Waals surface area contributed by atoms with Gasteiger partial charge in [0.15, 0.2) is 6.10 Å². The number of carbonyl (C=O) groups is 4. The summed E-state index contributed by atoms with van der Waals surface area (Å²) in [5.74, 6) is -3.07. The zero-order valence-corrected chi connectivity index (χ0v) is 13.7. The van der Waals surface area contributed by atoms with Crippen molar-refractivity contribution < 1.29 is 29.4 Å². The molecule has 1 rings (SSSR count). The first-order valence-electron chi connectivity index (χ1n) is 7.55. The molecule has 0 aliphatic heterocycles. The van der Waals surface area contributed by atoms with Crippen LogP contribution in [0.3, 0.4) is 0 Å². The van der Waals surface area contributed by atoms with Gasteiger partial charge in [-0.25, -0.2) is 4.79 Å². The fourth-order valence-electron chi connectivity index (χ4n) is 1.99. The second-order valence-corrected chi connectivity index (χ2v) is 5.33. The minimum Gasteiger partial charge on any atom is -0.479 e. The molecule has 0 unspecified atom stereocenters. The molecule has 0 saturated heterocycles. The van der Waals surface area contributed by atoms with Gasteiger partial charge in [0, 0.05) is 6.92 Å². The second kappa shape index (κ2) is 10.0. The maximum Gasteiger partial charge on any atom is 0.334 e. The fraction of sp³-hybridized carbons (Fsp3) is 0.375. The molecule has 0 aromatic heterocycles. The summed E-state index contributed by atoms with van der Waals surface area (Å²) >= 11 is 0. The van der Waals surface area contributed by atoms with Gasteiger partial charge >= 0.3 is 5.97 Å². The number of hydrogen-bond acceptors (Lipinski definition) is 5. The zero-order chi connectivity index (χ0) is 18.8. The van der Waals surface area contributed by atoms with Crippen molar-refractivity contribution in [2.75, 3.05) is 13.1 Å². The van der Waals surface area contributed by atoms with Gasteiger partial charge in [-0.05, 0) is 12.0 Å². The number of aliphatic hydroxyl groups excluding tert-OH is 1. The highest BCUT2D eigenvalue weighted by molar-refractivity contribution is 5.88. The summed E-state index contributed by atoms with van der Waals surface area (Å²) in [6.45, 7) is 0.575. The molecule has 1 aromatic carbocycles. The normalized spacial score (nSPS) is 12.6. The Hall–Kier alpha value is -2.94. The molecule has 9 heteroatoms. The average molecular weight is 351 g/mol. The van der Waals surface area contributed by atoms with Crippen LogP contribution in [-0.2, 0) is 25.6 Å². The topological polar surface area (TPSA) is 145 Å². The Labute approximate surface area is 144 Å². The van der Waals surface area contributed by atoms with Gasteiger partial charge in [0.1, 0.15) is 0 Å². The Bertz CT molecular complexity index is 620. The fourth-order valence-corrected chi connectivity index (χ4v) is 1.99. The highest BCUT2D eigenvalue weighted by Gasteiger charge is 2.27. The molecular weight excluding hydrogens is 330 g/mol. The number of amides is 3. The summed E-state index contributed by atoms with van der Waals surface area (Å²) in [7, 11) is 0. The molecular formula is C16H21N3O6. The third kappa shape index (κ3) is 7.93. The van der Waals surface area contributed by atoms with Crippen LogP contribution in [0.5, 0.6) is 0 Å². The number of hydrogen-bond donors (Lipinski definition) is 5. The Balaban J connectivity index is 2.58. The van der Waals surface area contributed by atoms with Gasteiger partial charge in [0.05, 0.1) is 19.1 Å². The number of rotatable bonds is 9. The maximum absolute atomic E-state index is 11.9. The van der Waals surface area contributed by atoms with E-state index < -0.39 is 36.5 Å². The molecule has 3 amide bonds. The van der Waals surface area contributed by atoms with Crippen LogP contribution >= 0.6 is 0 Å². The SMILES string of the molecule is CC(=O)NCC(=O)NCC(=O)N[C@H](Cc1ccccc1)[C@H](O)C(=O)O. The number of carbonyl (C=O) groups excluding carboxylic acids is 3.